The van der Waals surface area contributed by atoms with Crippen LogP contribution in [0.3, 0.4) is 0 Å². The van der Waals surface area contributed by atoms with E-state index in [1.807, 2.05) is 0 Å². The van der Waals surface area contributed by atoms with Crippen molar-refractivity contribution in [3.05, 3.63) is 0 Å². The first-order valence-electron chi connectivity index (χ1n) is 4.86. The third-order valence-corrected chi connectivity index (χ3v) is 3.70. The molecule has 1 fully saturated rings. The van der Waals surface area contributed by atoms with E-state index in [9.17, 15) is 16.8 Å². The van der Waals surface area contributed by atoms with Gasteiger partial charge in [-0.1, -0.05) is 0 Å². The first kappa shape index (κ1) is 13.9. The molecule has 2 unspecified atom stereocenters. The maximum atomic E-state index is 10.8. The van der Waals surface area contributed by atoms with E-state index in [4.69, 9.17) is 0 Å². The maximum absolute atomic E-state index is 10.8. The Morgan fingerprint density at radius 3 is 1.38 bits per heavy atom. The van der Waals surface area contributed by atoms with Crippen molar-refractivity contribution in [1.29, 1.82) is 0 Å². The summed E-state index contributed by atoms with van der Waals surface area (Å²) in [6, 6.07) is 0. The maximum Gasteiger partial charge on any atom is 0.264 e. The quantitative estimate of drug-likeness (QED) is 0.631. The van der Waals surface area contributed by atoms with Crippen LogP contribution >= 0.6 is 0 Å². The zero-order chi connectivity index (χ0) is 12.4. The topological polar surface area (TPSA) is 86.7 Å². The van der Waals surface area contributed by atoms with Crippen LogP contribution in [0.1, 0.15) is 12.8 Å². The minimum atomic E-state index is -3.42. The lowest BCUT2D eigenvalue weighted by Gasteiger charge is -2.35. The van der Waals surface area contributed by atoms with Gasteiger partial charge < -0.3 is 0 Å². The Balaban J connectivity index is 2.31. The van der Waals surface area contributed by atoms with E-state index in [-0.39, 0.29) is 25.0 Å². The molecule has 0 saturated heterocycles. The van der Waals surface area contributed by atoms with Gasteiger partial charge in [0.05, 0.1) is 25.7 Å². The molecule has 0 heterocycles. The first-order chi connectivity index (χ1) is 7.17. The average Bonchev–Trinajstić information content (AvgIpc) is 1.97. The van der Waals surface area contributed by atoms with E-state index in [1.54, 1.807) is 0 Å². The lowest BCUT2D eigenvalue weighted by molar-refractivity contribution is 0.0677. The molecule has 1 saturated carbocycles. The lowest BCUT2D eigenvalue weighted by atomic mass is 9.75. The summed E-state index contributed by atoms with van der Waals surface area (Å²) in [4.78, 5) is 0. The summed E-state index contributed by atoms with van der Waals surface area (Å²) in [5.74, 6) is 0.132. The van der Waals surface area contributed by atoms with Gasteiger partial charge in [0.25, 0.3) is 20.2 Å². The number of rotatable bonds is 6. The molecule has 0 N–H and O–H groups in total. The van der Waals surface area contributed by atoms with Crippen LogP contribution < -0.4 is 0 Å². The minimum absolute atomic E-state index is 0.0662. The molecular weight excluding hydrogens is 256 g/mol. The molecule has 0 aromatic heterocycles. The molecule has 16 heavy (non-hydrogen) atoms. The van der Waals surface area contributed by atoms with Crippen LogP contribution in [0, 0.1) is 11.8 Å². The molecule has 1 aliphatic rings. The number of hydrogen-bond acceptors (Lipinski definition) is 6. The van der Waals surface area contributed by atoms with Crippen molar-refractivity contribution in [3.63, 3.8) is 0 Å². The highest BCUT2D eigenvalue weighted by atomic mass is 32.2. The van der Waals surface area contributed by atoms with Crippen LogP contribution in [-0.4, -0.2) is 42.6 Å². The fourth-order valence-corrected chi connectivity index (χ4v) is 2.34. The van der Waals surface area contributed by atoms with Crippen LogP contribution in [0.5, 0.6) is 0 Å². The second-order valence-electron chi connectivity index (χ2n) is 4.07. The number of hydrogen-bond donors (Lipinski definition) is 0. The smallest absolute Gasteiger partial charge is 0.264 e. The summed E-state index contributed by atoms with van der Waals surface area (Å²) < 4.78 is 52.3. The molecule has 0 bridgehead atoms. The molecule has 96 valence electrons. The molecule has 0 aromatic rings. The fourth-order valence-electron chi connectivity index (χ4n) is 1.50. The van der Waals surface area contributed by atoms with Crippen molar-refractivity contribution in [2.75, 3.05) is 25.7 Å². The van der Waals surface area contributed by atoms with Crippen LogP contribution in [0.4, 0.5) is 0 Å². The van der Waals surface area contributed by atoms with Gasteiger partial charge in [0.1, 0.15) is 0 Å². The Morgan fingerprint density at radius 1 is 0.875 bits per heavy atom. The molecular formula is C8H16O6S2. The highest BCUT2D eigenvalue weighted by Gasteiger charge is 2.32. The minimum Gasteiger partial charge on any atom is -0.270 e. The van der Waals surface area contributed by atoms with E-state index in [1.165, 1.54) is 0 Å². The largest absolute Gasteiger partial charge is 0.270 e. The first-order valence-corrected chi connectivity index (χ1v) is 8.49. The predicted octanol–water partition coefficient (Wildman–Crippen LogP) is -0.0350. The van der Waals surface area contributed by atoms with E-state index in [2.05, 4.69) is 8.37 Å². The van der Waals surface area contributed by atoms with Gasteiger partial charge in [-0.25, -0.2) is 0 Å². The zero-order valence-corrected chi connectivity index (χ0v) is 10.9. The molecule has 2 atom stereocenters. The van der Waals surface area contributed by atoms with Crippen molar-refractivity contribution >= 4 is 20.2 Å². The van der Waals surface area contributed by atoms with Crippen molar-refractivity contribution in [2.45, 2.75) is 12.8 Å². The van der Waals surface area contributed by atoms with E-state index in [0.29, 0.717) is 0 Å². The molecule has 1 rings (SSSR count). The summed E-state index contributed by atoms with van der Waals surface area (Å²) in [6.45, 7) is 0.216. The third-order valence-electron chi connectivity index (χ3n) is 2.57. The molecule has 1 aliphatic carbocycles. The summed E-state index contributed by atoms with van der Waals surface area (Å²) >= 11 is 0. The summed E-state index contributed by atoms with van der Waals surface area (Å²) in [5, 5.41) is 0. The Bertz CT molecular complexity index is 381. The van der Waals surface area contributed by atoms with Gasteiger partial charge in [-0.15, -0.1) is 0 Å². The average molecular weight is 272 g/mol. The van der Waals surface area contributed by atoms with Crippen molar-refractivity contribution < 1.29 is 25.2 Å². The fraction of sp³-hybridized carbons (Fsp3) is 1.00. The van der Waals surface area contributed by atoms with E-state index in [0.717, 1.165) is 25.4 Å². The molecule has 6 nitrogen and oxygen atoms in total. The van der Waals surface area contributed by atoms with Gasteiger partial charge in [0, 0.05) is 0 Å². The van der Waals surface area contributed by atoms with Gasteiger partial charge in [0.15, 0.2) is 0 Å². The van der Waals surface area contributed by atoms with Crippen LogP contribution in [0.2, 0.25) is 0 Å². The summed E-state index contributed by atoms with van der Waals surface area (Å²) in [5.41, 5.74) is 0. The third kappa shape index (κ3) is 5.24. The van der Waals surface area contributed by atoms with E-state index < -0.39 is 20.2 Å². The monoisotopic (exact) mass is 272 g/mol. The molecule has 0 amide bonds. The second kappa shape index (κ2) is 4.99. The summed E-state index contributed by atoms with van der Waals surface area (Å²) in [7, 11) is -6.84. The summed E-state index contributed by atoms with van der Waals surface area (Å²) in [6.07, 6.45) is 3.67. The standard InChI is InChI=1S/C8H16O6S2/c1-15(9,10)13-5-7-3-4-8(7)6-14-16(2,11)12/h7-8H,3-6H2,1-2H3. The molecule has 0 spiro atoms. The Morgan fingerprint density at radius 2 is 1.19 bits per heavy atom. The van der Waals surface area contributed by atoms with Crippen LogP contribution in [-0.2, 0) is 28.6 Å². The SMILES string of the molecule is CS(=O)(=O)OCC1CCC1COS(C)(=O)=O. The predicted molar refractivity (Wildman–Crippen MR) is 57.8 cm³/mol. The Hall–Kier alpha value is -0.180. The molecule has 0 aromatic carbocycles. The van der Waals surface area contributed by atoms with Crippen molar-refractivity contribution in [2.24, 2.45) is 11.8 Å². The molecule has 8 heteroatoms. The van der Waals surface area contributed by atoms with Crippen molar-refractivity contribution in [1.82, 2.24) is 0 Å². The zero-order valence-electron chi connectivity index (χ0n) is 9.25. The molecule has 0 radical (unpaired) electrons. The lowest BCUT2D eigenvalue weighted by Crippen LogP contribution is -2.34. The highest BCUT2D eigenvalue weighted by molar-refractivity contribution is 7.86. The normalized spacial score (nSPS) is 26.4. The molecule has 0 aliphatic heterocycles. The Kier molecular flexibility index (Phi) is 4.33. The highest BCUT2D eigenvalue weighted by Crippen LogP contribution is 2.35. The van der Waals surface area contributed by atoms with Gasteiger partial charge in [-0.2, -0.15) is 16.8 Å². The van der Waals surface area contributed by atoms with Gasteiger partial charge in [-0.05, 0) is 24.7 Å². The van der Waals surface area contributed by atoms with Crippen molar-refractivity contribution in [3.8, 4) is 0 Å². The Labute approximate surface area is 96.2 Å². The van der Waals surface area contributed by atoms with Crippen LogP contribution in [0.15, 0.2) is 0 Å². The van der Waals surface area contributed by atoms with Gasteiger partial charge >= 0.3 is 0 Å². The van der Waals surface area contributed by atoms with Crippen LogP contribution in [0.25, 0.3) is 0 Å². The van der Waals surface area contributed by atoms with Gasteiger partial charge in [0.2, 0.25) is 0 Å². The van der Waals surface area contributed by atoms with Gasteiger partial charge in [-0.3, -0.25) is 8.37 Å². The second-order valence-corrected chi connectivity index (χ2v) is 7.36. The van der Waals surface area contributed by atoms with E-state index >= 15 is 0 Å².